The van der Waals surface area contributed by atoms with E-state index in [0.717, 1.165) is 5.56 Å². The first-order valence-electron chi connectivity index (χ1n) is 7.09. The standard InChI is InChI=1S/C18H29F.4FH.H3N.H2/c1-12-10-15(11-13(2)14(12)3)18(9,16(4,5)6)17(7,8)19;;;;;;/h10-11H,1-9H3;4*1H;1H3;1H. The fourth-order valence-corrected chi connectivity index (χ4v) is 2.99. The van der Waals surface area contributed by atoms with Crippen molar-refractivity contribution in [2.45, 2.75) is 73.4 Å². The van der Waals surface area contributed by atoms with E-state index in [0.29, 0.717) is 0 Å². The Morgan fingerprint density at radius 1 is 0.750 bits per heavy atom. The average Bonchev–Trinajstić information content (AvgIpc) is 2.20. The van der Waals surface area contributed by atoms with Gasteiger partial charge in [0.05, 0.1) is 0 Å². The molecule has 0 bridgehead atoms. The summed E-state index contributed by atoms with van der Waals surface area (Å²) in [7, 11) is 0. The van der Waals surface area contributed by atoms with Gasteiger partial charge in [-0.25, -0.2) is 4.39 Å². The maximum atomic E-state index is 15.0. The maximum absolute atomic E-state index is 15.0. The molecule has 150 valence electrons. The van der Waals surface area contributed by atoms with E-state index in [2.05, 4.69) is 60.6 Å². The lowest BCUT2D eigenvalue weighted by Gasteiger charge is -2.49. The molecule has 0 fully saturated rings. The van der Waals surface area contributed by atoms with Gasteiger partial charge in [0.1, 0.15) is 5.67 Å². The molecule has 0 spiro atoms. The molecule has 0 saturated heterocycles. The molecule has 1 aromatic rings. The molecule has 0 amide bonds. The summed E-state index contributed by atoms with van der Waals surface area (Å²) in [4.78, 5) is 0. The van der Waals surface area contributed by atoms with Gasteiger partial charge < -0.3 is 6.15 Å². The van der Waals surface area contributed by atoms with E-state index >= 15 is 0 Å². The highest BCUT2D eigenvalue weighted by molar-refractivity contribution is 5.42. The first kappa shape index (κ1) is 34.2. The Morgan fingerprint density at radius 3 is 1.25 bits per heavy atom. The van der Waals surface area contributed by atoms with Gasteiger partial charge in [-0.1, -0.05) is 39.8 Å². The molecule has 0 aliphatic heterocycles. The number of aryl methyl sites for hydroxylation is 2. The molecule has 0 aromatic heterocycles. The Labute approximate surface area is 145 Å². The molecule has 1 nitrogen and oxygen atoms in total. The quantitative estimate of drug-likeness (QED) is 0.584. The van der Waals surface area contributed by atoms with Crippen LogP contribution in [0.4, 0.5) is 23.2 Å². The van der Waals surface area contributed by atoms with Crippen molar-refractivity contribution in [3.05, 3.63) is 34.4 Å². The first-order chi connectivity index (χ1) is 8.32. The van der Waals surface area contributed by atoms with Crippen molar-refractivity contribution in [1.82, 2.24) is 6.15 Å². The lowest BCUT2D eigenvalue weighted by Crippen LogP contribution is -2.51. The van der Waals surface area contributed by atoms with Crippen LogP contribution >= 0.6 is 0 Å². The van der Waals surface area contributed by atoms with Crippen molar-refractivity contribution in [3.63, 3.8) is 0 Å². The van der Waals surface area contributed by atoms with Crippen molar-refractivity contribution in [1.29, 1.82) is 0 Å². The topological polar surface area (TPSA) is 35.0 Å². The molecule has 6 heteroatoms. The van der Waals surface area contributed by atoms with Gasteiger partial charge in [0, 0.05) is 6.84 Å². The Balaban J connectivity index is -0.000000150. The number of alkyl halides is 1. The number of benzene rings is 1. The number of hydrogen-bond acceptors (Lipinski definition) is 1. The number of rotatable bonds is 2. The molecule has 0 aliphatic carbocycles. The minimum Gasteiger partial charge on any atom is -0.344 e. The van der Waals surface area contributed by atoms with Crippen molar-refractivity contribution in [3.8, 4) is 0 Å². The van der Waals surface area contributed by atoms with Gasteiger partial charge in [0.25, 0.3) is 0 Å². The van der Waals surface area contributed by atoms with Crippen LogP contribution < -0.4 is 6.15 Å². The second-order valence-electron chi connectivity index (χ2n) is 7.58. The van der Waals surface area contributed by atoms with Crippen molar-refractivity contribution in [2.75, 3.05) is 0 Å². The third kappa shape index (κ3) is 5.43. The molecular weight excluding hydrogens is 325 g/mol. The van der Waals surface area contributed by atoms with E-state index in [1.807, 2.05) is 0 Å². The fourth-order valence-electron chi connectivity index (χ4n) is 2.99. The minimum atomic E-state index is -1.28. The molecule has 1 atom stereocenters. The van der Waals surface area contributed by atoms with E-state index in [1.165, 1.54) is 16.7 Å². The third-order valence-electron chi connectivity index (χ3n) is 5.19. The van der Waals surface area contributed by atoms with Crippen LogP contribution in [0.3, 0.4) is 0 Å². The van der Waals surface area contributed by atoms with E-state index in [9.17, 15) is 4.39 Å². The zero-order valence-corrected chi connectivity index (χ0v) is 16.4. The van der Waals surface area contributed by atoms with Crippen molar-refractivity contribution < 1.29 is 24.6 Å². The lowest BCUT2D eigenvalue weighted by molar-refractivity contribution is 0.0178. The number of halogens is 5. The molecule has 0 radical (unpaired) electrons. The average molecular weight is 363 g/mol. The van der Waals surface area contributed by atoms with Gasteiger partial charge in [0.15, 0.2) is 0 Å². The molecule has 0 saturated carbocycles. The summed E-state index contributed by atoms with van der Waals surface area (Å²) in [6.07, 6.45) is 0. The SMILES string of the molecule is Cc1cc(C(C)(C(C)(C)C)C(C)(C)F)cc(C)c1C.F.F.F.F.N.[HH]. The molecule has 1 unspecified atom stereocenters. The van der Waals surface area contributed by atoms with E-state index < -0.39 is 11.1 Å². The largest absolute Gasteiger partial charge is 0.344 e. The second kappa shape index (κ2) is 9.97. The summed E-state index contributed by atoms with van der Waals surface area (Å²) in [6, 6.07) is 4.32. The van der Waals surface area contributed by atoms with Gasteiger partial charge in [-0.15, -0.1) is 0 Å². The zero-order chi connectivity index (χ0) is 15.2. The Morgan fingerprint density at radius 2 is 1.04 bits per heavy atom. The molecular formula is C18H38F5N. The monoisotopic (exact) mass is 363 g/mol. The highest BCUT2D eigenvalue weighted by Gasteiger charge is 2.51. The van der Waals surface area contributed by atoms with Crippen LogP contribution in [0, 0.1) is 26.2 Å². The van der Waals surface area contributed by atoms with Gasteiger partial charge in [0.2, 0.25) is 0 Å². The van der Waals surface area contributed by atoms with Crippen LogP contribution in [-0.2, 0) is 5.41 Å². The van der Waals surface area contributed by atoms with E-state index in [4.69, 9.17) is 0 Å². The highest BCUT2D eigenvalue weighted by atomic mass is 19.1. The molecule has 1 rings (SSSR count). The van der Waals surface area contributed by atoms with Crippen molar-refractivity contribution >= 4 is 0 Å². The molecule has 24 heavy (non-hydrogen) atoms. The summed E-state index contributed by atoms with van der Waals surface area (Å²) in [6.45, 7) is 18.2. The van der Waals surface area contributed by atoms with Gasteiger partial charge in [-0.05, 0) is 62.3 Å². The fraction of sp³-hybridized carbons (Fsp3) is 0.667. The van der Waals surface area contributed by atoms with E-state index in [-0.39, 0.29) is 31.8 Å². The van der Waals surface area contributed by atoms with Crippen LogP contribution in [-0.4, -0.2) is 5.67 Å². The lowest BCUT2D eigenvalue weighted by atomic mass is 9.56. The van der Waals surface area contributed by atoms with Gasteiger partial charge in [-0.3, -0.25) is 18.8 Å². The molecule has 0 aliphatic rings. The van der Waals surface area contributed by atoms with Gasteiger partial charge in [-0.2, -0.15) is 0 Å². The summed E-state index contributed by atoms with van der Waals surface area (Å²) < 4.78 is 15.0. The summed E-state index contributed by atoms with van der Waals surface area (Å²) in [5.74, 6) is 0. The predicted molar refractivity (Wildman–Crippen MR) is 99.8 cm³/mol. The zero-order valence-electron chi connectivity index (χ0n) is 16.4. The number of hydrogen-bond donors (Lipinski definition) is 1. The molecule has 3 N–H and O–H groups in total. The Hall–Kier alpha value is -1.17. The minimum absolute atomic E-state index is 0. The van der Waals surface area contributed by atoms with Crippen LogP contribution in [0.25, 0.3) is 0 Å². The Bertz CT molecular complexity index is 456. The summed E-state index contributed by atoms with van der Waals surface area (Å²) in [5.41, 5.74) is 2.94. The maximum Gasteiger partial charge on any atom is 0.115 e. The highest BCUT2D eigenvalue weighted by Crippen LogP contribution is 2.51. The summed E-state index contributed by atoms with van der Waals surface area (Å²) >= 11 is 0. The second-order valence-corrected chi connectivity index (χ2v) is 7.58. The summed E-state index contributed by atoms with van der Waals surface area (Å²) in [5, 5.41) is 0. The Kier molecular flexibility index (Phi) is 14.2. The smallest absolute Gasteiger partial charge is 0.115 e. The van der Waals surface area contributed by atoms with Gasteiger partial charge >= 0.3 is 0 Å². The van der Waals surface area contributed by atoms with Crippen molar-refractivity contribution in [2.24, 2.45) is 5.41 Å². The van der Waals surface area contributed by atoms with Crippen LogP contribution in [0.1, 0.15) is 65.2 Å². The van der Waals surface area contributed by atoms with E-state index in [1.54, 1.807) is 13.8 Å². The first-order valence-corrected chi connectivity index (χ1v) is 7.09. The van der Waals surface area contributed by atoms with Crippen LogP contribution in [0.5, 0.6) is 0 Å². The van der Waals surface area contributed by atoms with Crippen LogP contribution in [0.2, 0.25) is 0 Å². The third-order valence-corrected chi connectivity index (χ3v) is 5.19. The molecule has 0 heterocycles. The predicted octanol–water partition coefficient (Wildman–Crippen LogP) is 6.68. The van der Waals surface area contributed by atoms with Crippen LogP contribution in [0.15, 0.2) is 12.1 Å². The molecule has 1 aromatic carbocycles. The normalized spacial score (nSPS) is 12.9.